The van der Waals surface area contributed by atoms with Crippen molar-refractivity contribution in [3.05, 3.63) is 23.9 Å². The molecule has 0 amide bonds. The third kappa shape index (κ3) is 2.89. The molecule has 1 aromatic carbocycles. The molecule has 2 rings (SSSR count). The molecule has 0 aliphatic heterocycles. The molecule has 0 fully saturated rings. The van der Waals surface area contributed by atoms with Crippen LogP contribution in [-0.4, -0.2) is 35.8 Å². The molecule has 0 atom stereocenters. The number of ether oxygens (including phenoxy) is 2. The molecule has 0 spiro atoms. The lowest BCUT2D eigenvalue weighted by atomic mass is 10.0. The number of hydrogen-bond donors (Lipinski definition) is 0. The number of nitrogens with zero attached hydrogens (tertiary/aromatic N) is 2. The van der Waals surface area contributed by atoms with Gasteiger partial charge in [-0.05, 0) is 12.1 Å². The Bertz CT molecular complexity index is 688. The number of fused-ring (bicyclic) bond motifs is 1. The zero-order valence-corrected chi connectivity index (χ0v) is 12.5. The van der Waals surface area contributed by atoms with E-state index < -0.39 is 5.97 Å². The second-order valence-electron chi connectivity index (χ2n) is 4.98. The lowest BCUT2D eigenvalue weighted by Crippen LogP contribution is -2.14. The van der Waals surface area contributed by atoms with E-state index in [0.29, 0.717) is 22.3 Å². The highest BCUT2D eigenvalue weighted by molar-refractivity contribution is 6.07. The van der Waals surface area contributed by atoms with Gasteiger partial charge in [-0.25, -0.2) is 0 Å². The van der Waals surface area contributed by atoms with Crippen molar-refractivity contribution in [1.29, 1.82) is 0 Å². The number of carbonyl (C=O) groups excluding carboxylic acids is 2. The van der Waals surface area contributed by atoms with Gasteiger partial charge in [0.25, 0.3) is 0 Å². The van der Waals surface area contributed by atoms with Crippen LogP contribution >= 0.6 is 0 Å². The van der Waals surface area contributed by atoms with E-state index in [9.17, 15) is 9.59 Å². The molecule has 0 saturated heterocycles. The first-order valence-corrected chi connectivity index (χ1v) is 6.63. The third-order valence-electron chi connectivity index (χ3n) is 3.22. The summed E-state index contributed by atoms with van der Waals surface area (Å²) in [5.74, 6) is -0.0200. The van der Waals surface area contributed by atoms with Crippen molar-refractivity contribution in [2.24, 2.45) is 5.92 Å². The molecular formula is C15H18N2O4. The number of aromatic nitrogens is 2. The maximum absolute atomic E-state index is 12.3. The molecule has 0 radical (unpaired) electrons. The van der Waals surface area contributed by atoms with Gasteiger partial charge in [-0.1, -0.05) is 13.8 Å². The van der Waals surface area contributed by atoms with Gasteiger partial charge < -0.3 is 9.47 Å². The lowest BCUT2D eigenvalue weighted by Gasteiger charge is -2.03. The fourth-order valence-electron chi connectivity index (χ4n) is 2.04. The number of benzene rings is 1. The van der Waals surface area contributed by atoms with Gasteiger partial charge in [-0.15, -0.1) is 0 Å². The smallest absolute Gasteiger partial charge is 0.327 e. The molecule has 0 N–H and O–H groups in total. The first-order valence-electron chi connectivity index (χ1n) is 6.63. The van der Waals surface area contributed by atoms with E-state index in [1.54, 1.807) is 25.3 Å². The number of hydrogen-bond acceptors (Lipinski definition) is 5. The summed E-state index contributed by atoms with van der Waals surface area (Å²) in [4.78, 5) is 23.8. The second kappa shape index (κ2) is 5.95. The van der Waals surface area contributed by atoms with E-state index in [1.165, 1.54) is 11.8 Å². The van der Waals surface area contributed by atoms with Crippen molar-refractivity contribution in [3.63, 3.8) is 0 Å². The summed E-state index contributed by atoms with van der Waals surface area (Å²) in [7, 11) is 2.87. The number of carbonyl (C=O) groups is 2. The quantitative estimate of drug-likeness (QED) is 0.622. The summed E-state index contributed by atoms with van der Waals surface area (Å²) in [5, 5.41) is 4.99. The fourth-order valence-corrected chi connectivity index (χ4v) is 2.04. The van der Waals surface area contributed by atoms with Crippen LogP contribution in [0.5, 0.6) is 5.75 Å². The predicted molar refractivity (Wildman–Crippen MR) is 77.5 cm³/mol. The zero-order valence-electron chi connectivity index (χ0n) is 12.5. The van der Waals surface area contributed by atoms with Crippen LogP contribution in [0.15, 0.2) is 18.2 Å². The molecule has 1 aromatic heterocycles. The van der Waals surface area contributed by atoms with Gasteiger partial charge in [0.2, 0.25) is 0 Å². The molecule has 0 bridgehead atoms. The van der Waals surface area contributed by atoms with Crippen molar-refractivity contribution in [2.45, 2.75) is 20.4 Å². The number of Topliss-reactive ketones (excluding diaryl/α,β-unsaturated/α-hetero) is 1. The largest absolute Gasteiger partial charge is 0.497 e. The van der Waals surface area contributed by atoms with Gasteiger partial charge in [-0.3, -0.25) is 14.3 Å². The second-order valence-corrected chi connectivity index (χ2v) is 4.98. The Morgan fingerprint density at radius 3 is 2.57 bits per heavy atom. The van der Waals surface area contributed by atoms with Crippen molar-refractivity contribution in [3.8, 4) is 5.75 Å². The minimum Gasteiger partial charge on any atom is -0.497 e. The van der Waals surface area contributed by atoms with Crippen LogP contribution in [0, 0.1) is 5.92 Å². The Balaban J connectivity index is 2.60. The Morgan fingerprint density at radius 2 is 2.00 bits per heavy atom. The Morgan fingerprint density at radius 1 is 1.29 bits per heavy atom. The lowest BCUT2D eigenvalue weighted by molar-refractivity contribution is -0.141. The summed E-state index contributed by atoms with van der Waals surface area (Å²) in [5.41, 5.74) is 1.04. The summed E-state index contributed by atoms with van der Waals surface area (Å²) in [6.07, 6.45) is 0. The first-order chi connectivity index (χ1) is 9.97. The highest BCUT2D eigenvalue weighted by Gasteiger charge is 2.21. The van der Waals surface area contributed by atoms with Crippen LogP contribution in [0.2, 0.25) is 0 Å². The first kappa shape index (κ1) is 15.0. The normalized spacial score (nSPS) is 10.9. The highest BCUT2D eigenvalue weighted by atomic mass is 16.5. The van der Waals surface area contributed by atoms with Gasteiger partial charge >= 0.3 is 5.97 Å². The van der Waals surface area contributed by atoms with Crippen LogP contribution in [0.25, 0.3) is 10.9 Å². The summed E-state index contributed by atoms with van der Waals surface area (Å²) in [6, 6.07) is 5.30. The highest BCUT2D eigenvalue weighted by Crippen LogP contribution is 2.25. The summed E-state index contributed by atoms with van der Waals surface area (Å²) < 4.78 is 11.3. The Hall–Kier alpha value is -2.37. The number of ketones is 1. The number of rotatable bonds is 5. The molecule has 1 heterocycles. The minimum atomic E-state index is -0.425. The topological polar surface area (TPSA) is 70.4 Å². The Kier molecular flexibility index (Phi) is 4.26. The van der Waals surface area contributed by atoms with Gasteiger partial charge in [0.1, 0.15) is 18.0 Å². The average Bonchev–Trinajstić information content (AvgIpc) is 2.83. The standard InChI is InChI=1S/C15H18N2O4/c1-9(2)15(19)14-11-6-5-10(20-3)7-12(11)17(16-14)8-13(18)21-4/h5-7,9H,8H2,1-4H3. The number of esters is 1. The zero-order chi connectivity index (χ0) is 15.6. The van der Waals surface area contributed by atoms with Crippen LogP contribution < -0.4 is 4.74 Å². The molecule has 6 heteroatoms. The van der Waals surface area contributed by atoms with Crippen LogP contribution in [0.1, 0.15) is 24.3 Å². The van der Waals surface area contributed by atoms with Gasteiger partial charge in [0.05, 0.1) is 19.7 Å². The molecular weight excluding hydrogens is 272 g/mol. The van der Waals surface area contributed by atoms with Crippen molar-refractivity contribution in [1.82, 2.24) is 9.78 Å². The summed E-state index contributed by atoms with van der Waals surface area (Å²) >= 11 is 0. The Labute approximate surface area is 122 Å². The van der Waals surface area contributed by atoms with E-state index in [0.717, 1.165) is 0 Å². The van der Waals surface area contributed by atoms with Crippen LogP contribution in [0.4, 0.5) is 0 Å². The molecule has 0 saturated carbocycles. The molecule has 2 aromatic rings. The maximum atomic E-state index is 12.3. The monoisotopic (exact) mass is 290 g/mol. The molecule has 112 valence electrons. The SMILES string of the molecule is COC(=O)Cn1nc(C(=O)C(C)C)c2ccc(OC)cc21. The van der Waals surface area contributed by atoms with E-state index in [2.05, 4.69) is 9.84 Å². The molecule has 6 nitrogen and oxygen atoms in total. The predicted octanol–water partition coefficient (Wildman–Crippen LogP) is 2.06. The molecule has 0 unspecified atom stereocenters. The van der Waals surface area contributed by atoms with Crippen LogP contribution in [0.3, 0.4) is 0 Å². The van der Waals surface area contributed by atoms with Gasteiger partial charge in [0.15, 0.2) is 5.78 Å². The third-order valence-corrected chi connectivity index (χ3v) is 3.22. The van der Waals surface area contributed by atoms with E-state index in [4.69, 9.17) is 4.74 Å². The maximum Gasteiger partial charge on any atom is 0.327 e. The molecule has 21 heavy (non-hydrogen) atoms. The van der Waals surface area contributed by atoms with Crippen molar-refractivity contribution < 1.29 is 19.1 Å². The van der Waals surface area contributed by atoms with Gasteiger partial charge in [-0.2, -0.15) is 5.10 Å². The number of methoxy groups -OCH3 is 2. The van der Waals surface area contributed by atoms with Gasteiger partial charge in [0, 0.05) is 17.4 Å². The summed E-state index contributed by atoms with van der Waals surface area (Å²) in [6.45, 7) is 3.58. The minimum absolute atomic E-state index is 0.0501. The van der Waals surface area contributed by atoms with E-state index in [1.807, 2.05) is 13.8 Å². The van der Waals surface area contributed by atoms with Crippen molar-refractivity contribution in [2.75, 3.05) is 14.2 Å². The molecule has 0 aliphatic carbocycles. The van der Waals surface area contributed by atoms with E-state index >= 15 is 0 Å². The van der Waals surface area contributed by atoms with E-state index in [-0.39, 0.29) is 18.2 Å². The average molecular weight is 290 g/mol. The molecule has 0 aliphatic rings. The van der Waals surface area contributed by atoms with Crippen molar-refractivity contribution >= 4 is 22.7 Å². The van der Waals surface area contributed by atoms with Crippen LogP contribution in [-0.2, 0) is 16.1 Å². The fraction of sp³-hybridized carbons (Fsp3) is 0.400.